The first-order chi connectivity index (χ1) is 8.19. The Bertz CT molecular complexity index is 392. The van der Waals surface area contributed by atoms with Crippen LogP contribution in [0.5, 0.6) is 0 Å². The van der Waals surface area contributed by atoms with Crippen LogP contribution in [0, 0.1) is 6.92 Å². The first-order valence-corrected chi connectivity index (χ1v) is 5.81. The van der Waals surface area contributed by atoms with Crippen molar-refractivity contribution in [2.45, 2.75) is 13.5 Å². The third kappa shape index (κ3) is 4.99. The van der Waals surface area contributed by atoms with Crippen LogP contribution in [-0.4, -0.2) is 53.6 Å². The van der Waals surface area contributed by atoms with Gasteiger partial charge in [-0.05, 0) is 6.92 Å². The molecule has 0 aromatic carbocycles. The van der Waals surface area contributed by atoms with Gasteiger partial charge in [0.2, 0.25) is 5.91 Å². The van der Waals surface area contributed by atoms with Gasteiger partial charge in [-0.1, -0.05) is 5.16 Å². The fraction of sp³-hybridized carbons (Fsp3) is 0.636. The number of aromatic nitrogens is 1. The van der Waals surface area contributed by atoms with Crippen molar-refractivity contribution in [1.29, 1.82) is 0 Å². The molecular weight excluding hydrogens is 291 g/mol. The second kappa shape index (κ2) is 8.37. The Morgan fingerprint density at radius 2 is 2.00 bits per heavy atom. The van der Waals surface area contributed by atoms with E-state index in [2.05, 4.69) is 10.1 Å². The molecule has 110 valence electrons. The molecule has 1 fully saturated rings. The van der Waals surface area contributed by atoms with Crippen molar-refractivity contribution < 1.29 is 9.32 Å². The Balaban J connectivity index is 0.00000162. The van der Waals surface area contributed by atoms with Gasteiger partial charge in [0.15, 0.2) is 0 Å². The maximum atomic E-state index is 11.4. The molecule has 2 rings (SSSR count). The van der Waals surface area contributed by atoms with Crippen LogP contribution in [0.25, 0.3) is 0 Å². The molecule has 1 aliphatic heterocycles. The number of hydrogen-bond acceptors (Lipinski definition) is 5. The zero-order valence-electron chi connectivity index (χ0n) is 10.9. The molecule has 2 N–H and O–H groups in total. The SMILES string of the molecule is Cc1cc(CN2CCN(C(=O)CN)CC2)no1.Cl.Cl. The van der Waals surface area contributed by atoms with Crippen molar-refractivity contribution in [2.24, 2.45) is 5.73 Å². The summed E-state index contributed by atoms with van der Waals surface area (Å²) < 4.78 is 5.03. The summed E-state index contributed by atoms with van der Waals surface area (Å²) in [5.41, 5.74) is 6.28. The molecule has 0 unspecified atom stereocenters. The van der Waals surface area contributed by atoms with Crippen molar-refractivity contribution in [1.82, 2.24) is 15.0 Å². The molecule has 1 aromatic rings. The van der Waals surface area contributed by atoms with E-state index in [0.717, 1.165) is 44.2 Å². The van der Waals surface area contributed by atoms with Gasteiger partial charge in [-0.15, -0.1) is 24.8 Å². The van der Waals surface area contributed by atoms with Crippen molar-refractivity contribution in [2.75, 3.05) is 32.7 Å². The number of piperazine rings is 1. The van der Waals surface area contributed by atoms with E-state index in [1.807, 2.05) is 17.9 Å². The molecule has 0 radical (unpaired) electrons. The van der Waals surface area contributed by atoms with E-state index < -0.39 is 0 Å². The minimum Gasteiger partial charge on any atom is -0.361 e. The summed E-state index contributed by atoms with van der Waals surface area (Å²) in [6.45, 7) is 5.97. The number of aryl methyl sites for hydroxylation is 1. The highest BCUT2D eigenvalue weighted by Crippen LogP contribution is 2.08. The van der Waals surface area contributed by atoms with E-state index in [9.17, 15) is 4.79 Å². The van der Waals surface area contributed by atoms with Crippen molar-refractivity contribution in [3.05, 3.63) is 17.5 Å². The number of nitrogens with zero attached hydrogens (tertiary/aromatic N) is 3. The van der Waals surface area contributed by atoms with Gasteiger partial charge in [0.1, 0.15) is 5.76 Å². The highest BCUT2D eigenvalue weighted by atomic mass is 35.5. The average Bonchev–Trinajstić information content (AvgIpc) is 2.75. The highest BCUT2D eigenvalue weighted by molar-refractivity contribution is 5.85. The second-order valence-electron chi connectivity index (χ2n) is 4.29. The highest BCUT2D eigenvalue weighted by Gasteiger charge is 2.20. The molecule has 1 aliphatic rings. The van der Waals surface area contributed by atoms with Crippen LogP contribution >= 0.6 is 24.8 Å². The summed E-state index contributed by atoms with van der Waals surface area (Å²) in [4.78, 5) is 15.5. The van der Waals surface area contributed by atoms with Gasteiger partial charge in [-0.2, -0.15) is 0 Å². The molecule has 0 atom stereocenters. The fourth-order valence-corrected chi connectivity index (χ4v) is 2.01. The maximum absolute atomic E-state index is 11.4. The Morgan fingerprint density at radius 1 is 1.37 bits per heavy atom. The molecule has 1 saturated heterocycles. The van der Waals surface area contributed by atoms with Crippen molar-refractivity contribution in [3.8, 4) is 0 Å². The lowest BCUT2D eigenvalue weighted by Crippen LogP contribution is -2.49. The van der Waals surface area contributed by atoms with Gasteiger partial charge >= 0.3 is 0 Å². The van der Waals surface area contributed by atoms with E-state index in [1.54, 1.807) is 0 Å². The summed E-state index contributed by atoms with van der Waals surface area (Å²) in [5, 5.41) is 3.96. The second-order valence-corrected chi connectivity index (χ2v) is 4.29. The van der Waals surface area contributed by atoms with Gasteiger partial charge in [0.05, 0.1) is 12.2 Å². The van der Waals surface area contributed by atoms with E-state index in [4.69, 9.17) is 10.3 Å². The smallest absolute Gasteiger partial charge is 0.236 e. The van der Waals surface area contributed by atoms with Crippen LogP contribution in [0.3, 0.4) is 0 Å². The fourth-order valence-electron chi connectivity index (χ4n) is 2.01. The first kappa shape index (κ1) is 18.2. The average molecular weight is 311 g/mol. The largest absolute Gasteiger partial charge is 0.361 e. The molecule has 19 heavy (non-hydrogen) atoms. The van der Waals surface area contributed by atoms with Crippen LogP contribution < -0.4 is 5.73 Å². The molecule has 6 nitrogen and oxygen atoms in total. The van der Waals surface area contributed by atoms with E-state index in [-0.39, 0.29) is 37.3 Å². The summed E-state index contributed by atoms with van der Waals surface area (Å²) >= 11 is 0. The molecule has 0 bridgehead atoms. The van der Waals surface area contributed by atoms with Crippen LogP contribution in [-0.2, 0) is 11.3 Å². The Kier molecular flexibility index (Phi) is 8.01. The van der Waals surface area contributed by atoms with Gasteiger partial charge < -0.3 is 15.2 Å². The predicted octanol–water partition coefficient (Wildman–Crippen LogP) is 0.430. The quantitative estimate of drug-likeness (QED) is 0.876. The Morgan fingerprint density at radius 3 is 2.47 bits per heavy atom. The molecule has 0 saturated carbocycles. The Labute approximate surface area is 125 Å². The summed E-state index contributed by atoms with van der Waals surface area (Å²) in [6.07, 6.45) is 0. The number of nitrogens with two attached hydrogens (primary N) is 1. The van der Waals surface area contributed by atoms with Crippen LogP contribution in [0.2, 0.25) is 0 Å². The summed E-state index contributed by atoms with van der Waals surface area (Å²) in [7, 11) is 0. The number of carbonyl (C=O) groups is 1. The van der Waals surface area contributed by atoms with Crippen molar-refractivity contribution in [3.63, 3.8) is 0 Å². The van der Waals surface area contributed by atoms with Gasteiger partial charge in [0.25, 0.3) is 0 Å². The predicted molar refractivity (Wildman–Crippen MR) is 76.6 cm³/mol. The zero-order valence-corrected chi connectivity index (χ0v) is 12.5. The monoisotopic (exact) mass is 310 g/mol. The topological polar surface area (TPSA) is 75.6 Å². The minimum absolute atomic E-state index is 0. The molecule has 0 aliphatic carbocycles. The molecule has 2 heterocycles. The number of rotatable bonds is 3. The van der Waals surface area contributed by atoms with E-state index >= 15 is 0 Å². The van der Waals surface area contributed by atoms with E-state index in [0.29, 0.717) is 0 Å². The number of carbonyl (C=O) groups excluding carboxylic acids is 1. The molecule has 8 heteroatoms. The lowest BCUT2D eigenvalue weighted by molar-refractivity contribution is -0.131. The summed E-state index contributed by atoms with van der Waals surface area (Å²) in [6, 6.07) is 1.94. The van der Waals surface area contributed by atoms with Gasteiger partial charge in [-0.3, -0.25) is 9.69 Å². The van der Waals surface area contributed by atoms with Crippen LogP contribution in [0.1, 0.15) is 11.5 Å². The minimum atomic E-state index is 0. The van der Waals surface area contributed by atoms with Gasteiger partial charge in [-0.25, -0.2) is 0 Å². The van der Waals surface area contributed by atoms with Crippen LogP contribution in [0.4, 0.5) is 0 Å². The third-order valence-electron chi connectivity index (χ3n) is 2.96. The lowest BCUT2D eigenvalue weighted by atomic mass is 10.2. The maximum Gasteiger partial charge on any atom is 0.236 e. The van der Waals surface area contributed by atoms with Crippen molar-refractivity contribution >= 4 is 30.7 Å². The Hall–Kier alpha value is -0.820. The zero-order chi connectivity index (χ0) is 12.3. The van der Waals surface area contributed by atoms with Crippen LogP contribution in [0.15, 0.2) is 10.6 Å². The molecule has 1 amide bonds. The summed E-state index contributed by atoms with van der Waals surface area (Å²) in [5.74, 6) is 0.860. The molecular formula is C11H20Cl2N4O2. The molecule has 1 aromatic heterocycles. The first-order valence-electron chi connectivity index (χ1n) is 5.81. The standard InChI is InChI=1S/C11H18N4O2.2ClH/c1-9-6-10(13-17-9)8-14-2-4-15(5-3-14)11(16)7-12;;/h6H,2-5,7-8,12H2,1H3;2*1H. The third-order valence-corrected chi connectivity index (χ3v) is 2.96. The molecule has 0 spiro atoms. The van der Waals surface area contributed by atoms with E-state index in [1.165, 1.54) is 0 Å². The lowest BCUT2D eigenvalue weighted by Gasteiger charge is -2.34. The van der Waals surface area contributed by atoms with Gasteiger partial charge in [0, 0.05) is 38.8 Å². The normalized spacial score (nSPS) is 15.6. The number of halogens is 2. The number of hydrogen-bond donors (Lipinski definition) is 1. The number of amides is 1.